The maximum Gasteiger partial charge on any atom is 0.277 e. The van der Waals surface area contributed by atoms with Crippen LogP contribution in [0.15, 0.2) is 59.6 Å². The fourth-order valence-corrected chi connectivity index (χ4v) is 2.62. The zero-order valence-electron chi connectivity index (χ0n) is 11.7. The molecule has 110 valence electrons. The fraction of sp³-hybridized carbons (Fsp3) is 0.0588. The normalized spacial score (nSPS) is 14.7. The molecule has 0 atom stereocenters. The van der Waals surface area contributed by atoms with Crippen molar-refractivity contribution < 1.29 is 14.3 Å². The maximum absolute atomic E-state index is 12.6. The third-order valence-electron chi connectivity index (χ3n) is 3.40. The Morgan fingerprint density at radius 1 is 0.955 bits per heavy atom. The number of methoxy groups -OCH3 is 1. The Morgan fingerprint density at radius 3 is 2.36 bits per heavy atom. The van der Waals surface area contributed by atoms with Gasteiger partial charge in [-0.1, -0.05) is 48.0 Å². The van der Waals surface area contributed by atoms with Gasteiger partial charge in [0.05, 0.1) is 18.4 Å². The van der Waals surface area contributed by atoms with Crippen molar-refractivity contribution >= 4 is 34.7 Å². The van der Waals surface area contributed by atoms with Crippen LogP contribution in [0.1, 0.15) is 5.56 Å². The first-order valence-electron chi connectivity index (χ1n) is 6.61. The van der Waals surface area contributed by atoms with Gasteiger partial charge < -0.3 is 4.74 Å². The van der Waals surface area contributed by atoms with Crippen molar-refractivity contribution in [3.63, 3.8) is 0 Å². The van der Waals surface area contributed by atoms with E-state index in [1.165, 1.54) is 7.11 Å². The number of imide groups is 1. The van der Waals surface area contributed by atoms with Crippen molar-refractivity contribution in [2.75, 3.05) is 12.0 Å². The van der Waals surface area contributed by atoms with Gasteiger partial charge in [0, 0.05) is 6.07 Å². The minimum Gasteiger partial charge on any atom is -0.497 e. The van der Waals surface area contributed by atoms with Gasteiger partial charge in [0.1, 0.15) is 10.8 Å². The first-order chi connectivity index (χ1) is 10.6. The Balaban J connectivity index is 2.04. The van der Waals surface area contributed by atoms with E-state index in [4.69, 9.17) is 16.3 Å². The summed E-state index contributed by atoms with van der Waals surface area (Å²) in [7, 11) is 1.52. The number of halogens is 1. The maximum atomic E-state index is 12.6. The molecule has 5 heteroatoms. The van der Waals surface area contributed by atoms with E-state index in [1.807, 2.05) is 6.07 Å². The van der Waals surface area contributed by atoms with Crippen LogP contribution in [0.25, 0.3) is 5.57 Å². The highest BCUT2D eigenvalue weighted by Crippen LogP contribution is 2.35. The van der Waals surface area contributed by atoms with E-state index in [-0.39, 0.29) is 10.6 Å². The second-order valence-electron chi connectivity index (χ2n) is 4.70. The van der Waals surface area contributed by atoms with Crippen LogP contribution in [-0.2, 0) is 9.59 Å². The summed E-state index contributed by atoms with van der Waals surface area (Å²) in [6, 6.07) is 15.6. The molecule has 1 heterocycles. The average Bonchev–Trinajstić information content (AvgIpc) is 2.78. The van der Waals surface area contributed by atoms with E-state index >= 15 is 0 Å². The summed E-state index contributed by atoms with van der Waals surface area (Å²) < 4.78 is 5.13. The Bertz CT molecular complexity index is 784. The van der Waals surface area contributed by atoms with Crippen LogP contribution >= 0.6 is 11.6 Å². The second-order valence-corrected chi connectivity index (χ2v) is 5.08. The lowest BCUT2D eigenvalue weighted by Gasteiger charge is -2.15. The number of amides is 2. The molecule has 0 radical (unpaired) electrons. The molecule has 2 aromatic rings. The molecule has 0 N–H and O–H groups in total. The molecule has 0 saturated carbocycles. The van der Waals surface area contributed by atoms with E-state index in [1.54, 1.807) is 48.5 Å². The number of hydrogen-bond donors (Lipinski definition) is 0. The van der Waals surface area contributed by atoms with E-state index in [0.29, 0.717) is 17.0 Å². The largest absolute Gasteiger partial charge is 0.497 e. The fourth-order valence-electron chi connectivity index (χ4n) is 2.34. The van der Waals surface area contributed by atoms with E-state index in [0.717, 1.165) is 4.90 Å². The highest BCUT2D eigenvalue weighted by molar-refractivity contribution is 6.60. The lowest BCUT2D eigenvalue weighted by molar-refractivity contribution is -0.119. The molecule has 0 spiro atoms. The molecule has 0 unspecified atom stereocenters. The Morgan fingerprint density at radius 2 is 1.68 bits per heavy atom. The highest BCUT2D eigenvalue weighted by Gasteiger charge is 2.39. The number of rotatable bonds is 3. The first kappa shape index (κ1) is 14.4. The number of ether oxygens (including phenoxy) is 1. The van der Waals surface area contributed by atoms with Gasteiger partial charge >= 0.3 is 0 Å². The second kappa shape index (κ2) is 5.66. The van der Waals surface area contributed by atoms with Gasteiger partial charge in [-0.15, -0.1) is 0 Å². The summed E-state index contributed by atoms with van der Waals surface area (Å²) in [5, 5.41) is -0.0704. The summed E-state index contributed by atoms with van der Waals surface area (Å²) in [4.78, 5) is 26.1. The van der Waals surface area contributed by atoms with Gasteiger partial charge in [0.25, 0.3) is 11.8 Å². The Hall–Kier alpha value is -2.59. The molecule has 2 aromatic carbocycles. The monoisotopic (exact) mass is 313 g/mol. The van der Waals surface area contributed by atoms with E-state index in [9.17, 15) is 9.59 Å². The van der Waals surface area contributed by atoms with E-state index in [2.05, 4.69) is 0 Å². The van der Waals surface area contributed by atoms with Crippen molar-refractivity contribution in [2.24, 2.45) is 0 Å². The predicted octanol–water partition coefficient (Wildman–Crippen LogP) is 3.22. The predicted molar refractivity (Wildman–Crippen MR) is 84.7 cm³/mol. The molecular weight excluding hydrogens is 302 g/mol. The summed E-state index contributed by atoms with van der Waals surface area (Å²) in [5.41, 5.74) is 1.27. The smallest absolute Gasteiger partial charge is 0.277 e. The third kappa shape index (κ3) is 2.27. The quantitative estimate of drug-likeness (QED) is 0.817. The molecule has 1 aliphatic rings. The number of carbonyl (C=O) groups excluding carboxylic acids is 2. The minimum absolute atomic E-state index is 0.0704. The summed E-state index contributed by atoms with van der Waals surface area (Å²) in [6.07, 6.45) is 0. The van der Waals surface area contributed by atoms with Crippen LogP contribution in [0.2, 0.25) is 0 Å². The molecular formula is C17H12ClNO3. The standard InChI is InChI=1S/C17H12ClNO3/c1-22-13-9-5-8-12(10-13)19-16(20)14(15(18)17(19)21)11-6-3-2-4-7-11/h2-10H,1H3. The number of anilines is 1. The highest BCUT2D eigenvalue weighted by atomic mass is 35.5. The van der Waals surface area contributed by atoms with Gasteiger partial charge in [0.15, 0.2) is 0 Å². The number of carbonyl (C=O) groups is 2. The van der Waals surface area contributed by atoms with Crippen molar-refractivity contribution in [3.8, 4) is 5.75 Å². The number of nitrogens with zero attached hydrogens (tertiary/aromatic N) is 1. The summed E-state index contributed by atoms with van der Waals surface area (Å²) in [6.45, 7) is 0. The van der Waals surface area contributed by atoms with E-state index < -0.39 is 11.8 Å². The molecule has 22 heavy (non-hydrogen) atoms. The van der Waals surface area contributed by atoms with Crippen molar-refractivity contribution in [2.45, 2.75) is 0 Å². The van der Waals surface area contributed by atoms with Crippen LogP contribution in [0.4, 0.5) is 5.69 Å². The molecule has 0 saturated heterocycles. The molecule has 4 nitrogen and oxygen atoms in total. The van der Waals surface area contributed by atoms with Gasteiger partial charge in [-0.2, -0.15) is 0 Å². The van der Waals surface area contributed by atoms with Crippen LogP contribution < -0.4 is 9.64 Å². The van der Waals surface area contributed by atoms with Crippen molar-refractivity contribution in [1.82, 2.24) is 0 Å². The molecule has 1 aliphatic heterocycles. The topological polar surface area (TPSA) is 46.6 Å². The summed E-state index contributed by atoms with van der Waals surface area (Å²) in [5.74, 6) is -0.407. The van der Waals surface area contributed by atoms with Gasteiger partial charge in [-0.3, -0.25) is 9.59 Å². The molecule has 2 amide bonds. The van der Waals surface area contributed by atoms with Crippen LogP contribution in [0.3, 0.4) is 0 Å². The lowest BCUT2D eigenvalue weighted by atomic mass is 10.1. The van der Waals surface area contributed by atoms with Crippen molar-refractivity contribution in [1.29, 1.82) is 0 Å². The molecule has 0 aliphatic carbocycles. The van der Waals surface area contributed by atoms with Crippen LogP contribution in [0.5, 0.6) is 5.75 Å². The zero-order valence-corrected chi connectivity index (χ0v) is 12.5. The minimum atomic E-state index is -0.529. The van der Waals surface area contributed by atoms with Gasteiger partial charge in [-0.25, -0.2) is 4.90 Å². The molecule has 3 rings (SSSR count). The Labute approximate surface area is 132 Å². The molecule has 0 fully saturated rings. The SMILES string of the molecule is COc1cccc(N2C(=O)C(Cl)=C(c3ccccc3)C2=O)c1. The Kier molecular flexibility index (Phi) is 3.69. The average molecular weight is 314 g/mol. The molecule has 0 bridgehead atoms. The van der Waals surface area contributed by atoms with Crippen molar-refractivity contribution in [3.05, 3.63) is 65.2 Å². The molecule has 0 aromatic heterocycles. The first-order valence-corrected chi connectivity index (χ1v) is 6.99. The third-order valence-corrected chi connectivity index (χ3v) is 3.75. The number of benzene rings is 2. The van der Waals surface area contributed by atoms with Crippen LogP contribution in [0, 0.1) is 0 Å². The van der Waals surface area contributed by atoms with Gasteiger partial charge in [-0.05, 0) is 17.7 Å². The summed E-state index contributed by atoms with van der Waals surface area (Å²) >= 11 is 6.11. The number of hydrogen-bond acceptors (Lipinski definition) is 3. The van der Waals surface area contributed by atoms with Crippen LogP contribution in [-0.4, -0.2) is 18.9 Å². The lowest BCUT2D eigenvalue weighted by Crippen LogP contribution is -2.31. The zero-order chi connectivity index (χ0) is 15.7. The van der Waals surface area contributed by atoms with Gasteiger partial charge in [0.2, 0.25) is 0 Å².